The molecular weight excluding hydrogens is 212 g/mol. The minimum atomic E-state index is -0.413. The number of aryl methyl sites for hydroxylation is 1. The molecule has 94 valence electrons. The summed E-state index contributed by atoms with van der Waals surface area (Å²) in [6.45, 7) is 6.63. The predicted octanol–water partition coefficient (Wildman–Crippen LogP) is 1.98. The molecule has 1 amide bonds. The van der Waals surface area contributed by atoms with E-state index in [-0.39, 0.29) is 11.8 Å². The molecule has 1 aromatic carbocycles. The van der Waals surface area contributed by atoms with Crippen molar-refractivity contribution in [3.63, 3.8) is 0 Å². The highest BCUT2D eigenvalue weighted by Gasteiger charge is 2.18. The van der Waals surface area contributed by atoms with Gasteiger partial charge in [0.2, 0.25) is 5.91 Å². The van der Waals surface area contributed by atoms with Gasteiger partial charge in [-0.2, -0.15) is 0 Å². The van der Waals surface area contributed by atoms with Crippen LogP contribution in [0.2, 0.25) is 0 Å². The fourth-order valence-electron chi connectivity index (χ4n) is 1.62. The molecule has 0 spiro atoms. The Morgan fingerprint density at radius 1 is 1.41 bits per heavy atom. The van der Waals surface area contributed by atoms with Gasteiger partial charge in [-0.15, -0.1) is 0 Å². The number of carbonyl (C=O) groups excluding carboxylic acids is 1. The van der Waals surface area contributed by atoms with Gasteiger partial charge in [-0.3, -0.25) is 4.79 Å². The summed E-state index contributed by atoms with van der Waals surface area (Å²) in [6.07, 6.45) is 0.916. The molecule has 3 nitrogen and oxygen atoms in total. The van der Waals surface area contributed by atoms with Crippen molar-refractivity contribution in [3.05, 3.63) is 35.4 Å². The van der Waals surface area contributed by atoms with E-state index in [4.69, 9.17) is 5.73 Å². The second-order valence-corrected chi connectivity index (χ2v) is 4.56. The first-order valence-corrected chi connectivity index (χ1v) is 6.14. The van der Waals surface area contributed by atoms with Gasteiger partial charge >= 0.3 is 0 Å². The van der Waals surface area contributed by atoms with Gasteiger partial charge in [-0.05, 0) is 24.0 Å². The van der Waals surface area contributed by atoms with Crippen LogP contribution < -0.4 is 11.1 Å². The van der Waals surface area contributed by atoms with E-state index in [0.29, 0.717) is 6.54 Å². The molecule has 0 aliphatic heterocycles. The lowest BCUT2D eigenvalue weighted by Crippen LogP contribution is -2.44. The van der Waals surface area contributed by atoms with Gasteiger partial charge in [-0.1, -0.05) is 44.5 Å². The Kier molecular flexibility index (Phi) is 5.16. The van der Waals surface area contributed by atoms with E-state index in [2.05, 4.69) is 5.32 Å². The van der Waals surface area contributed by atoms with Crippen molar-refractivity contribution in [3.8, 4) is 0 Å². The SMILES string of the molecule is CCC(C)C(N)C(=O)NCc1ccccc1C. The summed E-state index contributed by atoms with van der Waals surface area (Å²) in [5.41, 5.74) is 8.18. The minimum Gasteiger partial charge on any atom is -0.351 e. The zero-order valence-corrected chi connectivity index (χ0v) is 10.9. The summed E-state index contributed by atoms with van der Waals surface area (Å²) in [5.74, 6) is 0.148. The molecule has 0 fully saturated rings. The third kappa shape index (κ3) is 3.86. The Morgan fingerprint density at radius 2 is 2.06 bits per heavy atom. The fourth-order valence-corrected chi connectivity index (χ4v) is 1.62. The number of rotatable bonds is 5. The van der Waals surface area contributed by atoms with Crippen molar-refractivity contribution >= 4 is 5.91 Å². The Hall–Kier alpha value is -1.35. The van der Waals surface area contributed by atoms with Crippen molar-refractivity contribution in [1.82, 2.24) is 5.32 Å². The average molecular weight is 234 g/mol. The smallest absolute Gasteiger partial charge is 0.237 e. The maximum Gasteiger partial charge on any atom is 0.237 e. The molecule has 0 aliphatic carbocycles. The van der Waals surface area contributed by atoms with Crippen LogP contribution in [0.3, 0.4) is 0 Å². The Labute approximate surface area is 103 Å². The summed E-state index contributed by atoms with van der Waals surface area (Å²) in [7, 11) is 0. The number of benzene rings is 1. The van der Waals surface area contributed by atoms with Crippen LogP contribution in [0.15, 0.2) is 24.3 Å². The number of hydrogen-bond acceptors (Lipinski definition) is 2. The van der Waals surface area contributed by atoms with Crippen LogP contribution >= 0.6 is 0 Å². The van der Waals surface area contributed by atoms with Gasteiger partial charge in [0.1, 0.15) is 0 Å². The monoisotopic (exact) mass is 234 g/mol. The number of carbonyl (C=O) groups is 1. The molecule has 0 saturated heterocycles. The lowest BCUT2D eigenvalue weighted by molar-refractivity contribution is -0.123. The summed E-state index contributed by atoms with van der Waals surface area (Å²) < 4.78 is 0. The van der Waals surface area contributed by atoms with Gasteiger partial charge in [0.15, 0.2) is 0 Å². The molecule has 3 N–H and O–H groups in total. The Bertz CT molecular complexity index is 376. The number of nitrogens with one attached hydrogen (secondary N) is 1. The van der Waals surface area contributed by atoms with Crippen LogP contribution in [-0.4, -0.2) is 11.9 Å². The topological polar surface area (TPSA) is 55.1 Å². The van der Waals surface area contributed by atoms with Crippen LogP contribution in [0.5, 0.6) is 0 Å². The van der Waals surface area contributed by atoms with E-state index in [9.17, 15) is 4.79 Å². The van der Waals surface area contributed by atoms with Crippen molar-refractivity contribution in [2.24, 2.45) is 11.7 Å². The molecule has 0 heterocycles. The van der Waals surface area contributed by atoms with E-state index in [0.717, 1.165) is 12.0 Å². The minimum absolute atomic E-state index is 0.0670. The van der Waals surface area contributed by atoms with Crippen molar-refractivity contribution in [1.29, 1.82) is 0 Å². The molecule has 0 saturated carbocycles. The first-order chi connectivity index (χ1) is 8.06. The maximum absolute atomic E-state index is 11.8. The highest BCUT2D eigenvalue weighted by Crippen LogP contribution is 2.08. The lowest BCUT2D eigenvalue weighted by atomic mass is 9.99. The van der Waals surface area contributed by atoms with Gasteiger partial charge in [0, 0.05) is 6.54 Å². The molecule has 2 atom stereocenters. The number of amides is 1. The van der Waals surface area contributed by atoms with E-state index in [1.54, 1.807) is 0 Å². The molecule has 0 aromatic heterocycles. The van der Waals surface area contributed by atoms with E-state index < -0.39 is 6.04 Å². The van der Waals surface area contributed by atoms with E-state index >= 15 is 0 Å². The van der Waals surface area contributed by atoms with Crippen LogP contribution in [-0.2, 0) is 11.3 Å². The molecule has 0 bridgehead atoms. The van der Waals surface area contributed by atoms with Gasteiger partial charge in [-0.25, -0.2) is 0 Å². The van der Waals surface area contributed by atoms with Crippen LogP contribution in [0.25, 0.3) is 0 Å². The van der Waals surface area contributed by atoms with E-state index in [1.165, 1.54) is 5.56 Å². The first-order valence-electron chi connectivity index (χ1n) is 6.14. The van der Waals surface area contributed by atoms with Crippen LogP contribution in [0, 0.1) is 12.8 Å². The summed E-state index contributed by atoms with van der Waals surface area (Å²) in [5, 5.41) is 2.89. The number of nitrogens with two attached hydrogens (primary N) is 1. The van der Waals surface area contributed by atoms with Gasteiger partial charge in [0.05, 0.1) is 6.04 Å². The van der Waals surface area contributed by atoms with Crippen molar-refractivity contribution in [2.45, 2.75) is 39.8 Å². The molecule has 1 rings (SSSR count). The molecule has 0 radical (unpaired) electrons. The average Bonchev–Trinajstić information content (AvgIpc) is 2.35. The zero-order chi connectivity index (χ0) is 12.8. The molecule has 17 heavy (non-hydrogen) atoms. The summed E-state index contributed by atoms with van der Waals surface area (Å²) in [6, 6.07) is 7.61. The number of hydrogen-bond donors (Lipinski definition) is 2. The van der Waals surface area contributed by atoms with Crippen molar-refractivity contribution < 1.29 is 4.79 Å². The van der Waals surface area contributed by atoms with E-state index in [1.807, 2.05) is 45.0 Å². The zero-order valence-electron chi connectivity index (χ0n) is 10.9. The summed E-state index contributed by atoms with van der Waals surface area (Å²) >= 11 is 0. The fraction of sp³-hybridized carbons (Fsp3) is 0.500. The molecule has 0 aliphatic rings. The van der Waals surface area contributed by atoms with Gasteiger partial charge < -0.3 is 11.1 Å². The third-order valence-electron chi connectivity index (χ3n) is 3.27. The molecule has 2 unspecified atom stereocenters. The standard InChI is InChI=1S/C14H22N2O/c1-4-10(2)13(15)14(17)16-9-12-8-6-5-7-11(12)3/h5-8,10,13H,4,9,15H2,1-3H3,(H,16,17). The molecule has 3 heteroatoms. The summed E-state index contributed by atoms with van der Waals surface area (Å²) in [4.78, 5) is 11.8. The second kappa shape index (κ2) is 6.40. The Balaban J connectivity index is 2.51. The normalized spacial score (nSPS) is 14.1. The second-order valence-electron chi connectivity index (χ2n) is 4.56. The predicted molar refractivity (Wildman–Crippen MR) is 70.5 cm³/mol. The lowest BCUT2D eigenvalue weighted by Gasteiger charge is -2.18. The highest BCUT2D eigenvalue weighted by atomic mass is 16.2. The highest BCUT2D eigenvalue weighted by molar-refractivity contribution is 5.81. The Morgan fingerprint density at radius 3 is 2.65 bits per heavy atom. The molecular formula is C14H22N2O. The maximum atomic E-state index is 11.8. The van der Waals surface area contributed by atoms with Crippen molar-refractivity contribution in [2.75, 3.05) is 0 Å². The third-order valence-corrected chi connectivity index (χ3v) is 3.27. The van der Waals surface area contributed by atoms with Crippen LogP contribution in [0.4, 0.5) is 0 Å². The first kappa shape index (κ1) is 13.7. The van der Waals surface area contributed by atoms with Gasteiger partial charge in [0.25, 0.3) is 0 Å². The largest absolute Gasteiger partial charge is 0.351 e. The quantitative estimate of drug-likeness (QED) is 0.818. The molecule has 1 aromatic rings. The van der Waals surface area contributed by atoms with Crippen LogP contribution in [0.1, 0.15) is 31.4 Å².